The SMILES string of the molecule is CC(C)(C)C.COc1ccc(Br)c2c1CCCC2. The van der Waals surface area contributed by atoms with Crippen molar-refractivity contribution < 1.29 is 4.74 Å². The fourth-order valence-electron chi connectivity index (χ4n) is 1.98. The fraction of sp³-hybridized carbons (Fsp3) is 0.625. The lowest BCUT2D eigenvalue weighted by Gasteiger charge is -2.19. The van der Waals surface area contributed by atoms with Gasteiger partial charge in [0.1, 0.15) is 5.75 Å². The van der Waals surface area contributed by atoms with Crippen LogP contribution in [0.5, 0.6) is 5.75 Å². The van der Waals surface area contributed by atoms with E-state index in [9.17, 15) is 0 Å². The van der Waals surface area contributed by atoms with Gasteiger partial charge in [0.05, 0.1) is 7.11 Å². The highest BCUT2D eigenvalue weighted by Crippen LogP contribution is 2.34. The average molecular weight is 313 g/mol. The van der Waals surface area contributed by atoms with Crippen LogP contribution in [0.25, 0.3) is 0 Å². The summed E-state index contributed by atoms with van der Waals surface area (Å²) in [5, 5.41) is 0. The highest BCUT2D eigenvalue weighted by atomic mass is 79.9. The van der Waals surface area contributed by atoms with Crippen LogP contribution < -0.4 is 4.74 Å². The van der Waals surface area contributed by atoms with Gasteiger partial charge in [-0.05, 0) is 54.4 Å². The molecule has 1 nitrogen and oxygen atoms in total. The van der Waals surface area contributed by atoms with Crippen molar-refractivity contribution in [1.82, 2.24) is 0 Å². The summed E-state index contributed by atoms with van der Waals surface area (Å²) in [4.78, 5) is 0. The van der Waals surface area contributed by atoms with E-state index < -0.39 is 0 Å². The second-order valence-electron chi connectivity index (χ2n) is 6.41. The van der Waals surface area contributed by atoms with Gasteiger partial charge in [0.2, 0.25) is 0 Å². The molecule has 0 amide bonds. The van der Waals surface area contributed by atoms with E-state index in [1.807, 2.05) is 6.07 Å². The van der Waals surface area contributed by atoms with Gasteiger partial charge >= 0.3 is 0 Å². The Bertz CT molecular complexity index is 385. The number of hydrogen-bond acceptors (Lipinski definition) is 1. The highest BCUT2D eigenvalue weighted by molar-refractivity contribution is 9.10. The van der Waals surface area contributed by atoms with E-state index in [0.29, 0.717) is 5.41 Å². The lowest BCUT2D eigenvalue weighted by molar-refractivity contribution is 0.406. The Balaban J connectivity index is 0.000000280. The first-order chi connectivity index (χ1) is 8.33. The Morgan fingerprint density at radius 3 is 2.00 bits per heavy atom. The second kappa shape index (κ2) is 6.60. The first kappa shape index (κ1) is 15.6. The molecule has 2 heteroatoms. The molecule has 0 saturated heterocycles. The lowest BCUT2D eigenvalue weighted by atomic mass is 9.91. The number of hydrogen-bond donors (Lipinski definition) is 0. The van der Waals surface area contributed by atoms with Crippen molar-refractivity contribution in [2.45, 2.75) is 53.4 Å². The Hall–Kier alpha value is -0.500. The quantitative estimate of drug-likeness (QED) is 0.675. The minimum absolute atomic E-state index is 0.500. The summed E-state index contributed by atoms with van der Waals surface area (Å²) in [6, 6.07) is 4.14. The van der Waals surface area contributed by atoms with Gasteiger partial charge in [0.15, 0.2) is 0 Å². The van der Waals surface area contributed by atoms with Gasteiger partial charge in [-0.1, -0.05) is 43.6 Å². The second-order valence-corrected chi connectivity index (χ2v) is 7.27. The molecule has 0 atom stereocenters. The average Bonchev–Trinajstić information content (AvgIpc) is 2.28. The molecule has 0 radical (unpaired) electrons. The molecule has 1 aliphatic rings. The third kappa shape index (κ3) is 5.01. The van der Waals surface area contributed by atoms with Gasteiger partial charge in [0.25, 0.3) is 0 Å². The van der Waals surface area contributed by atoms with Crippen LogP contribution in [0.1, 0.15) is 51.7 Å². The highest BCUT2D eigenvalue weighted by Gasteiger charge is 2.15. The number of methoxy groups -OCH3 is 1. The Morgan fingerprint density at radius 2 is 1.50 bits per heavy atom. The first-order valence-corrected chi connectivity index (χ1v) is 7.46. The van der Waals surface area contributed by atoms with Gasteiger partial charge in [0, 0.05) is 4.47 Å². The minimum Gasteiger partial charge on any atom is -0.496 e. The van der Waals surface area contributed by atoms with Gasteiger partial charge in [-0.2, -0.15) is 0 Å². The molecule has 18 heavy (non-hydrogen) atoms. The number of ether oxygens (including phenoxy) is 1. The van der Waals surface area contributed by atoms with E-state index in [1.54, 1.807) is 7.11 Å². The molecule has 0 fully saturated rings. The van der Waals surface area contributed by atoms with Gasteiger partial charge in [-0.3, -0.25) is 0 Å². The Kier molecular flexibility index (Phi) is 5.71. The van der Waals surface area contributed by atoms with E-state index in [-0.39, 0.29) is 0 Å². The van der Waals surface area contributed by atoms with Crippen molar-refractivity contribution in [1.29, 1.82) is 0 Å². The van der Waals surface area contributed by atoms with Crippen LogP contribution in [-0.4, -0.2) is 7.11 Å². The molecule has 1 aromatic carbocycles. The monoisotopic (exact) mass is 312 g/mol. The molecule has 1 aromatic rings. The Labute approximate surface area is 120 Å². The predicted molar refractivity (Wildman–Crippen MR) is 82.5 cm³/mol. The molecule has 0 spiro atoms. The molecule has 0 saturated carbocycles. The zero-order valence-corrected chi connectivity index (χ0v) is 13.9. The summed E-state index contributed by atoms with van der Waals surface area (Å²) in [6.45, 7) is 8.75. The lowest BCUT2D eigenvalue weighted by Crippen LogP contribution is -2.05. The number of halogens is 1. The summed E-state index contributed by atoms with van der Waals surface area (Å²) in [5.74, 6) is 1.05. The van der Waals surface area contributed by atoms with Crippen LogP contribution in [-0.2, 0) is 12.8 Å². The number of benzene rings is 1. The van der Waals surface area contributed by atoms with E-state index in [0.717, 1.165) is 12.2 Å². The normalized spacial score (nSPS) is 14.3. The van der Waals surface area contributed by atoms with Gasteiger partial charge < -0.3 is 4.74 Å². The van der Waals surface area contributed by atoms with Crippen molar-refractivity contribution in [3.8, 4) is 5.75 Å². The van der Waals surface area contributed by atoms with Crippen LogP contribution in [0.2, 0.25) is 0 Å². The smallest absolute Gasteiger partial charge is 0.122 e. The van der Waals surface area contributed by atoms with Gasteiger partial charge in [-0.15, -0.1) is 0 Å². The Morgan fingerprint density at radius 1 is 1.00 bits per heavy atom. The largest absolute Gasteiger partial charge is 0.496 e. The number of rotatable bonds is 1. The van der Waals surface area contributed by atoms with Crippen molar-refractivity contribution in [2.75, 3.05) is 7.11 Å². The zero-order valence-electron chi connectivity index (χ0n) is 12.3. The van der Waals surface area contributed by atoms with Crippen LogP contribution in [0.3, 0.4) is 0 Å². The first-order valence-electron chi connectivity index (χ1n) is 6.67. The molecule has 0 N–H and O–H groups in total. The summed E-state index contributed by atoms with van der Waals surface area (Å²) in [7, 11) is 1.75. The van der Waals surface area contributed by atoms with Crippen LogP contribution in [0.15, 0.2) is 16.6 Å². The molecular formula is C16H25BrO. The molecule has 1 aliphatic carbocycles. The third-order valence-electron chi connectivity index (χ3n) is 2.65. The van der Waals surface area contributed by atoms with Crippen LogP contribution >= 0.6 is 15.9 Å². The van der Waals surface area contributed by atoms with Crippen LogP contribution in [0.4, 0.5) is 0 Å². The molecular weight excluding hydrogens is 288 g/mol. The number of fused-ring (bicyclic) bond motifs is 1. The summed E-state index contributed by atoms with van der Waals surface area (Å²) in [5.41, 5.74) is 3.36. The van der Waals surface area contributed by atoms with E-state index in [2.05, 4.69) is 49.7 Å². The van der Waals surface area contributed by atoms with Crippen molar-refractivity contribution in [3.05, 3.63) is 27.7 Å². The third-order valence-corrected chi connectivity index (χ3v) is 3.40. The maximum atomic E-state index is 5.35. The molecule has 0 aliphatic heterocycles. The van der Waals surface area contributed by atoms with E-state index in [1.165, 1.54) is 34.9 Å². The molecule has 102 valence electrons. The summed E-state index contributed by atoms with van der Waals surface area (Å²) >= 11 is 3.59. The predicted octanol–water partition coefficient (Wildman–Crippen LogP) is 5.39. The van der Waals surface area contributed by atoms with Gasteiger partial charge in [-0.25, -0.2) is 0 Å². The van der Waals surface area contributed by atoms with E-state index in [4.69, 9.17) is 4.74 Å². The zero-order chi connectivity index (χ0) is 13.8. The standard InChI is InChI=1S/C11H13BrO.C5H12/c1-13-11-7-6-10(12)8-4-2-3-5-9(8)11;1-5(2,3)4/h6-7H,2-5H2,1H3;1-4H3. The maximum absolute atomic E-state index is 5.35. The topological polar surface area (TPSA) is 9.23 Å². The maximum Gasteiger partial charge on any atom is 0.122 e. The molecule has 0 bridgehead atoms. The minimum atomic E-state index is 0.500. The van der Waals surface area contributed by atoms with Crippen LogP contribution in [0, 0.1) is 5.41 Å². The molecule has 0 aromatic heterocycles. The molecule has 0 unspecified atom stereocenters. The summed E-state index contributed by atoms with van der Waals surface area (Å²) < 4.78 is 6.59. The van der Waals surface area contributed by atoms with E-state index >= 15 is 0 Å². The summed E-state index contributed by atoms with van der Waals surface area (Å²) in [6.07, 6.45) is 4.95. The molecule has 0 heterocycles. The molecule has 2 rings (SSSR count). The fourth-order valence-corrected chi connectivity index (χ4v) is 2.55. The van der Waals surface area contributed by atoms with Crippen molar-refractivity contribution >= 4 is 15.9 Å². The van der Waals surface area contributed by atoms with Crippen molar-refractivity contribution in [2.24, 2.45) is 5.41 Å². The van der Waals surface area contributed by atoms with Crippen molar-refractivity contribution in [3.63, 3.8) is 0 Å².